The smallest absolute Gasteiger partial charge is 0.192 e. The van der Waals surface area contributed by atoms with E-state index in [2.05, 4.69) is 39.0 Å². The zero-order valence-corrected chi connectivity index (χ0v) is 16.3. The molecule has 0 bridgehead atoms. The van der Waals surface area contributed by atoms with Crippen molar-refractivity contribution in [2.75, 3.05) is 0 Å². The number of rotatable bonds is 4. The Morgan fingerprint density at radius 3 is 2.63 bits per heavy atom. The first-order valence-corrected chi connectivity index (χ1v) is 9.48. The standard InChI is InChI=1S/C22H20F3NS/c1-14-7-16(10-20-19(14)12-21(20,2)3)9-18(13-26)27-17-6-4-5-15(8-17)11-22(23,24)25/h4-10H,11-12H2,1-3H3/b18-9+. The molecule has 1 nitrogen and oxygen atoms in total. The van der Waals surface area contributed by atoms with Crippen molar-refractivity contribution in [3.8, 4) is 6.07 Å². The zero-order valence-electron chi connectivity index (χ0n) is 15.4. The van der Waals surface area contributed by atoms with Gasteiger partial charge in [0.05, 0.1) is 11.3 Å². The lowest BCUT2D eigenvalue weighted by Crippen LogP contribution is -2.33. The third-order valence-corrected chi connectivity index (χ3v) is 5.70. The summed E-state index contributed by atoms with van der Waals surface area (Å²) >= 11 is 1.19. The van der Waals surface area contributed by atoms with Gasteiger partial charge in [-0.15, -0.1) is 0 Å². The zero-order chi connectivity index (χ0) is 19.8. The van der Waals surface area contributed by atoms with Gasteiger partial charge in [0.2, 0.25) is 0 Å². The highest BCUT2D eigenvalue weighted by atomic mass is 32.2. The molecule has 0 unspecified atom stereocenters. The molecular formula is C22H20F3NS. The maximum Gasteiger partial charge on any atom is 0.393 e. The van der Waals surface area contributed by atoms with Crippen molar-refractivity contribution < 1.29 is 13.2 Å². The Labute approximate surface area is 161 Å². The second-order valence-corrected chi connectivity index (χ2v) is 8.70. The number of hydrogen-bond donors (Lipinski definition) is 0. The molecule has 1 aliphatic rings. The van der Waals surface area contributed by atoms with Gasteiger partial charge in [0, 0.05) is 4.90 Å². The normalized spacial score (nSPS) is 15.7. The Kier molecular flexibility index (Phi) is 5.14. The summed E-state index contributed by atoms with van der Waals surface area (Å²) in [5.74, 6) is 0. The quantitative estimate of drug-likeness (QED) is 0.436. The van der Waals surface area contributed by atoms with Crippen LogP contribution in [0.1, 0.15) is 41.7 Å². The summed E-state index contributed by atoms with van der Waals surface area (Å²) < 4.78 is 37.8. The van der Waals surface area contributed by atoms with E-state index in [1.165, 1.54) is 40.6 Å². The van der Waals surface area contributed by atoms with Crippen LogP contribution in [0, 0.1) is 18.3 Å². The van der Waals surface area contributed by atoms with Gasteiger partial charge in [-0.2, -0.15) is 18.4 Å². The van der Waals surface area contributed by atoms with Crippen molar-refractivity contribution in [3.05, 3.63) is 69.1 Å². The molecular weight excluding hydrogens is 367 g/mol. The lowest BCUT2D eigenvalue weighted by molar-refractivity contribution is -0.127. The van der Waals surface area contributed by atoms with Crippen molar-refractivity contribution in [1.82, 2.24) is 0 Å². The molecule has 1 aliphatic carbocycles. The van der Waals surface area contributed by atoms with Crippen LogP contribution in [0.25, 0.3) is 6.08 Å². The minimum atomic E-state index is -4.24. The van der Waals surface area contributed by atoms with Crippen molar-refractivity contribution in [2.45, 2.75) is 50.1 Å². The highest BCUT2D eigenvalue weighted by Gasteiger charge is 2.35. The molecule has 2 aromatic carbocycles. The highest BCUT2D eigenvalue weighted by Crippen LogP contribution is 2.43. The fourth-order valence-electron chi connectivity index (χ4n) is 3.51. The second-order valence-electron chi connectivity index (χ2n) is 7.59. The first-order valence-electron chi connectivity index (χ1n) is 8.67. The molecule has 0 spiro atoms. The van der Waals surface area contributed by atoms with Gasteiger partial charge in [-0.3, -0.25) is 0 Å². The molecule has 0 saturated heterocycles. The number of allylic oxidation sites excluding steroid dienone is 1. The molecule has 3 rings (SSSR count). The van der Waals surface area contributed by atoms with Crippen LogP contribution in [0.5, 0.6) is 0 Å². The SMILES string of the molecule is Cc1cc(/C=C(\C#N)Sc2cccc(CC(F)(F)F)c2)cc2c1CC2(C)C. The van der Waals surface area contributed by atoms with Crippen LogP contribution in [0.2, 0.25) is 0 Å². The van der Waals surface area contributed by atoms with Crippen molar-refractivity contribution in [1.29, 1.82) is 5.26 Å². The maximum absolute atomic E-state index is 12.6. The lowest BCUT2D eigenvalue weighted by Gasteiger charge is -2.39. The number of halogens is 3. The predicted octanol–water partition coefficient (Wildman–Crippen LogP) is 6.59. The monoisotopic (exact) mass is 387 g/mol. The summed E-state index contributed by atoms with van der Waals surface area (Å²) in [6, 6.07) is 12.6. The summed E-state index contributed by atoms with van der Waals surface area (Å²) in [4.78, 5) is 1.08. The van der Waals surface area contributed by atoms with Gasteiger partial charge in [-0.25, -0.2) is 0 Å². The van der Waals surface area contributed by atoms with Crippen molar-refractivity contribution in [2.24, 2.45) is 0 Å². The summed E-state index contributed by atoms with van der Waals surface area (Å²) in [7, 11) is 0. The average molecular weight is 387 g/mol. The van der Waals surface area contributed by atoms with Crippen LogP contribution in [0.15, 0.2) is 46.2 Å². The van der Waals surface area contributed by atoms with E-state index in [0.717, 1.165) is 12.0 Å². The Morgan fingerprint density at radius 2 is 2.00 bits per heavy atom. The van der Waals surface area contributed by atoms with Crippen molar-refractivity contribution >= 4 is 17.8 Å². The summed E-state index contributed by atoms with van der Waals surface area (Å²) in [5, 5.41) is 9.50. The maximum atomic E-state index is 12.6. The van der Waals surface area contributed by atoms with Crippen LogP contribution in [-0.2, 0) is 18.3 Å². The third-order valence-electron chi connectivity index (χ3n) is 4.78. The van der Waals surface area contributed by atoms with E-state index in [0.29, 0.717) is 9.80 Å². The third kappa shape index (κ3) is 4.56. The molecule has 0 heterocycles. The number of hydrogen-bond acceptors (Lipinski definition) is 2. The van der Waals surface area contributed by atoms with E-state index < -0.39 is 12.6 Å². The lowest BCUT2D eigenvalue weighted by atomic mass is 9.65. The van der Waals surface area contributed by atoms with Crippen LogP contribution in [-0.4, -0.2) is 6.18 Å². The van der Waals surface area contributed by atoms with Crippen LogP contribution in [0.3, 0.4) is 0 Å². The largest absolute Gasteiger partial charge is 0.393 e. The Balaban J connectivity index is 1.85. The minimum absolute atomic E-state index is 0.149. The van der Waals surface area contributed by atoms with Gasteiger partial charge in [-0.05, 0) is 64.8 Å². The molecule has 0 saturated carbocycles. The van der Waals surface area contributed by atoms with E-state index in [9.17, 15) is 18.4 Å². The van der Waals surface area contributed by atoms with E-state index >= 15 is 0 Å². The molecule has 0 fully saturated rings. The highest BCUT2D eigenvalue weighted by molar-refractivity contribution is 8.03. The number of nitrogens with zero attached hydrogens (tertiary/aromatic N) is 1. The number of nitriles is 1. The second kappa shape index (κ2) is 7.09. The fourth-order valence-corrected chi connectivity index (χ4v) is 4.36. The topological polar surface area (TPSA) is 23.8 Å². The van der Waals surface area contributed by atoms with Gasteiger partial charge < -0.3 is 0 Å². The average Bonchev–Trinajstić information content (AvgIpc) is 2.55. The molecule has 140 valence electrons. The molecule has 0 aromatic heterocycles. The molecule has 2 aromatic rings. The molecule has 0 aliphatic heterocycles. The van der Waals surface area contributed by atoms with Gasteiger partial charge in [0.1, 0.15) is 6.07 Å². The number of thioether (sulfide) groups is 1. The molecule has 5 heteroatoms. The molecule has 0 atom stereocenters. The molecule has 0 N–H and O–H groups in total. The Hall–Kier alpha value is -2.19. The van der Waals surface area contributed by atoms with Crippen molar-refractivity contribution in [3.63, 3.8) is 0 Å². The number of fused-ring (bicyclic) bond motifs is 1. The number of benzene rings is 2. The van der Waals surface area contributed by atoms with E-state index in [1.807, 2.05) is 6.08 Å². The first kappa shape index (κ1) is 19.6. The molecule has 0 amide bonds. The van der Waals surface area contributed by atoms with Crippen LogP contribution < -0.4 is 0 Å². The van der Waals surface area contributed by atoms with Crippen LogP contribution in [0.4, 0.5) is 13.2 Å². The Bertz CT molecular complexity index is 949. The number of alkyl halides is 3. The van der Waals surface area contributed by atoms with Gasteiger partial charge in [0.15, 0.2) is 0 Å². The molecule has 0 radical (unpaired) electrons. The summed E-state index contributed by atoms with van der Waals surface area (Å²) in [6.07, 6.45) is -2.34. The first-order chi connectivity index (χ1) is 12.6. The van der Waals surface area contributed by atoms with E-state index in [-0.39, 0.29) is 11.0 Å². The summed E-state index contributed by atoms with van der Waals surface area (Å²) in [5.41, 5.74) is 5.20. The Morgan fingerprint density at radius 1 is 1.26 bits per heavy atom. The summed E-state index contributed by atoms with van der Waals surface area (Å²) in [6.45, 7) is 6.48. The van der Waals surface area contributed by atoms with Gasteiger partial charge in [0.25, 0.3) is 0 Å². The molecule has 27 heavy (non-hydrogen) atoms. The minimum Gasteiger partial charge on any atom is -0.192 e. The van der Waals surface area contributed by atoms with E-state index in [1.54, 1.807) is 12.1 Å². The van der Waals surface area contributed by atoms with Crippen LogP contribution >= 0.6 is 11.8 Å². The fraction of sp³-hybridized carbons (Fsp3) is 0.318. The van der Waals surface area contributed by atoms with Gasteiger partial charge in [-0.1, -0.05) is 49.9 Å². The number of aryl methyl sites for hydroxylation is 1. The van der Waals surface area contributed by atoms with Gasteiger partial charge >= 0.3 is 6.18 Å². The predicted molar refractivity (Wildman–Crippen MR) is 104 cm³/mol. The van der Waals surface area contributed by atoms with E-state index in [4.69, 9.17) is 0 Å².